The number of hydrogen-bond acceptors (Lipinski definition) is 2. The lowest BCUT2D eigenvalue weighted by atomic mass is 9.68. The number of nitrogens with one attached hydrogen (secondary N) is 1. The van der Waals surface area contributed by atoms with Gasteiger partial charge in [0, 0.05) is 6.54 Å². The van der Waals surface area contributed by atoms with Crippen LogP contribution in [0.15, 0.2) is 18.2 Å². The molecular formula is C14H17F2NO2. The highest BCUT2D eigenvalue weighted by Crippen LogP contribution is 2.40. The molecule has 1 saturated carbocycles. The Labute approximate surface area is 110 Å². The van der Waals surface area contributed by atoms with Crippen LogP contribution in [0.5, 0.6) is 0 Å². The third kappa shape index (κ3) is 2.92. The summed E-state index contributed by atoms with van der Waals surface area (Å²) in [5.41, 5.74) is 0.0134. The quantitative estimate of drug-likeness (QED) is 0.856. The van der Waals surface area contributed by atoms with E-state index in [0.29, 0.717) is 31.4 Å². The fourth-order valence-corrected chi connectivity index (χ4v) is 2.26. The Bertz CT molecular complexity index is 467. The van der Waals surface area contributed by atoms with Crippen LogP contribution in [0.2, 0.25) is 0 Å². The van der Waals surface area contributed by atoms with Crippen LogP contribution >= 0.6 is 0 Å². The molecule has 104 valence electrons. The van der Waals surface area contributed by atoms with Gasteiger partial charge in [-0.2, -0.15) is 0 Å². The number of benzene rings is 1. The van der Waals surface area contributed by atoms with Crippen LogP contribution in [0.1, 0.15) is 24.8 Å². The van der Waals surface area contributed by atoms with E-state index in [0.717, 1.165) is 18.6 Å². The van der Waals surface area contributed by atoms with Crippen LogP contribution in [0.25, 0.3) is 0 Å². The van der Waals surface area contributed by atoms with E-state index >= 15 is 0 Å². The second kappa shape index (κ2) is 5.65. The average molecular weight is 269 g/mol. The molecule has 1 aliphatic carbocycles. The third-order valence-corrected chi connectivity index (χ3v) is 3.78. The first-order chi connectivity index (χ1) is 9.07. The van der Waals surface area contributed by atoms with Crippen LogP contribution in [-0.4, -0.2) is 24.2 Å². The number of aliphatic hydroxyl groups excluding tert-OH is 1. The number of carbonyl (C=O) groups excluding carboxylic acids is 1. The highest BCUT2D eigenvalue weighted by Gasteiger charge is 2.43. The highest BCUT2D eigenvalue weighted by molar-refractivity contribution is 5.83. The fraction of sp³-hybridized carbons (Fsp3) is 0.500. The van der Waals surface area contributed by atoms with Gasteiger partial charge < -0.3 is 10.4 Å². The number of halogens is 2. The largest absolute Gasteiger partial charge is 0.395 e. The van der Waals surface area contributed by atoms with E-state index in [1.807, 2.05) is 0 Å². The molecule has 1 aliphatic rings. The van der Waals surface area contributed by atoms with Crippen molar-refractivity contribution in [2.24, 2.45) is 5.41 Å². The first kappa shape index (κ1) is 13.9. The van der Waals surface area contributed by atoms with E-state index in [2.05, 4.69) is 5.32 Å². The molecule has 19 heavy (non-hydrogen) atoms. The van der Waals surface area contributed by atoms with Crippen LogP contribution in [0, 0.1) is 17.0 Å². The van der Waals surface area contributed by atoms with Crippen molar-refractivity contribution in [3.8, 4) is 0 Å². The molecule has 0 atom stereocenters. The maximum Gasteiger partial charge on any atom is 0.228 e. The lowest BCUT2D eigenvalue weighted by molar-refractivity contribution is -0.139. The lowest BCUT2D eigenvalue weighted by Gasteiger charge is -2.38. The summed E-state index contributed by atoms with van der Waals surface area (Å²) in [6.07, 6.45) is 2.81. The van der Waals surface area contributed by atoms with Gasteiger partial charge in [0.1, 0.15) is 0 Å². The zero-order valence-electron chi connectivity index (χ0n) is 10.6. The van der Waals surface area contributed by atoms with Gasteiger partial charge >= 0.3 is 0 Å². The summed E-state index contributed by atoms with van der Waals surface area (Å²) in [4.78, 5) is 11.9. The number of amides is 1. The molecule has 0 heterocycles. The van der Waals surface area contributed by atoms with Gasteiger partial charge in [-0.05, 0) is 37.0 Å². The number of hydrogen-bond donors (Lipinski definition) is 2. The smallest absolute Gasteiger partial charge is 0.228 e. The molecule has 0 radical (unpaired) electrons. The van der Waals surface area contributed by atoms with E-state index in [4.69, 9.17) is 0 Å². The minimum Gasteiger partial charge on any atom is -0.395 e. The van der Waals surface area contributed by atoms with Gasteiger partial charge in [0.05, 0.1) is 12.0 Å². The van der Waals surface area contributed by atoms with Crippen molar-refractivity contribution < 1.29 is 18.7 Å². The maximum absolute atomic E-state index is 13.0. The van der Waals surface area contributed by atoms with Gasteiger partial charge in [0.15, 0.2) is 11.6 Å². The summed E-state index contributed by atoms with van der Waals surface area (Å²) in [6.45, 7) is 0.218. The Morgan fingerprint density at radius 3 is 2.58 bits per heavy atom. The summed E-state index contributed by atoms with van der Waals surface area (Å²) in [7, 11) is 0. The molecular weight excluding hydrogens is 252 g/mol. The molecule has 0 saturated heterocycles. The van der Waals surface area contributed by atoms with Crippen LogP contribution in [0.3, 0.4) is 0 Å². The minimum absolute atomic E-state index is 0.135. The van der Waals surface area contributed by atoms with Crippen molar-refractivity contribution in [2.75, 3.05) is 13.2 Å². The van der Waals surface area contributed by atoms with E-state index < -0.39 is 17.0 Å². The molecule has 1 fully saturated rings. The van der Waals surface area contributed by atoms with E-state index in [9.17, 15) is 18.7 Å². The van der Waals surface area contributed by atoms with E-state index in [-0.39, 0.29) is 12.5 Å². The zero-order valence-corrected chi connectivity index (χ0v) is 10.6. The molecule has 0 bridgehead atoms. The SMILES string of the molecule is O=C(NCCc1ccc(F)c(F)c1)C1(CO)CCC1. The van der Waals surface area contributed by atoms with Crippen molar-refractivity contribution in [3.05, 3.63) is 35.4 Å². The molecule has 1 aromatic carbocycles. The van der Waals surface area contributed by atoms with Crippen molar-refractivity contribution in [2.45, 2.75) is 25.7 Å². The Morgan fingerprint density at radius 1 is 1.32 bits per heavy atom. The molecule has 1 aromatic rings. The van der Waals surface area contributed by atoms with Gasteiger partial charge in [-0.25, -0.2) is 8.78 Å². The maximum atomic E-state index is 13.0. The molecule has 0 aromatic heterocycles. The third-order valence-electron chi connectivity index (χ3n) is 3.78. The van der Waals surface area contributed by atoms with Gasteiger partial charge in [-0.1, -0.05) is 12.5 Å². The van der Waals surface area contributed by atoms with Gasteiger partial charge in [0.2, 0.25) is 5.91 Å². The zero-order chi connectivity index (χ0) is 13.9. The molecule has 0 spiro atoms. The van der Waals surface area contributed by atoms with E-state index in [1.54, 1.807) is 0 Å². The van der Waals surface area contributed by atoms with Crippen molar-refractivity contribution in [1.29, 1.82) is 0 Å². The number of aliphatic hydroxyl groups is 1. The summed E-state index contributed by atoms with van der Waals surface area (Å²) in [5.74, 6) is -1.90. The molecule has 2 rings (SSSR count). The first-order valence-electron chi connectivity index (χ1n) is 6.40. The summed E-state index contributed by atoms with van der Waals surface area (Å²) >= 11 is 0. The Hall–Kier alpha value is -1.49. The predicted octanol–water partition coefficient (Wildman–Crippen LogP) is 1.79. The van der Waals surface area contributed by atoms with E-state index in [1.165, 1.54) is 6.07 Å². The highest BCUT2D eigenvalue weighted by atomic mass is 19.2. The first-order valence-corrected chi connectivity index (χ1v) is 6.40. The van der Waals surface area contributed by atoms with Crippen molar-refractivity contribution >= 4 is 5.91 Å². The van der Waals surface area contributed by atoms with Crippen molar-refractivity contribution in [3.63, 3.8) is 0 Å². The Kier molecular flexibility index (Phi) is 4.14. The molecule has 0 unspecified atom stereocenters. The second-order valence-electron chi connectivity index (χ2n) is 5.05. The number of rotatable bonds is 5. The van der Waals surface area contributed by atoms with Crippen molar-refractivity contribution in [1.82, 2.24) is 5.32 Å². The topological polar surface area (TPSA) is 49.3 Å². The van der Waals surface area contributed by atoms with Gasteiger partial charge in [0.25, 0.3) is 0 Å². The predicted molar refractivity (Wildman–Crippen MR) is 66.4 cm³/mol. The molecule has 5 heteroatoms. The number of carbonyl (C=O) groups is 1. The molecule has 0 aliphatic heterocycles. The van der Waals surface area contributed by atoms with Crippen LogP contribution in [-0.2, 0) is 11.2 Å². The molecule has 3 nitrogen and oxygen atoms in total. The normalized spacial score (nSPS) is 16.8. The summed E-state index contributed by atoms with van der Waals surface area (Å²) < 4.78 is 25.7. The van der Waals surface area contributed by atoms with Crippen LogP contribution < -0.4 is 5.32 Å². The standard InChI is InChI=1S/C14H17F2NO2/c15-11-3-2-10(8-12(11)16)4-7-17-13(19)14(9-18)5-1-6-14/h2-3,8,18H,1,4-7,9H2,(H,17,19). The lowest BCUT2D eigenvalue weighted by Crippen LogP contribution is -2.48. The van der Waals surface area contributed by atoms with Gasteiger partial charge in [-0.15, -0.1) is 0 Å². The van der Waals surface area contributed by atoms with Crippen LogP contribution in [0.4, 0.5) is 8.78 Å². The molecule has 2 N–H and O–H groups in total. The van der Waals surface area contributed by atoms with Gasteiger partial charge in [-0.3, -0.25) is 4.79 Å². The fourth-order valence-electron chi connectivity index (χ4n) is 2.26. The Morgan fingerprint density at radius 2 is 2.05 bits per heavy atom. The molecule has 1 amide bonds. The monoisotopic (exact) mass is 269 g/mol. The summed E-state index contributed by atoms with van der Waals surface area (Å²) in [5, 5.41) is 12.0. The summed E-state index contributed by atoms with van der Waals surface area (Å²) in [6, 6.07) is 3.70. The Balaban J connectivity index is 1.83. The minimum atomic E-state index is -0.880. The average Bonchev–Trinajstić information content (AvgIpc) is 2.33. The second-order valence-corrected chi connectivity index (χ2v) is 5.05.